The molecule has 0 heterocycles. The van der Waals surface area contributed by atoms with Gasteiger partial charge >= 0.3 is 0 Å². The van der Waals surface area contributed by atoms with Crippen LogP contribution < -0.4 is 5.73 Å². The molecule has 1 fully saturated rings. The maximum absolute atomic E-state index is 10.6. The molecule has 0 saturated heterocycles. The van der Waals surface area contributed by atoms with E-state index < -0.39 is 36.4 Å². The predicted octanol–water partition coefficient (Wildman–Crippen LogP) is 9.73. The zero-order valence-corrected chi connectivity index (χ0v) is 35.8. The molecule has 326 valence electrons. The number of terminal acetylenes is 1. The van der Waals surface area contributed by atoms with E-state index in [9.17, 15) is 30.3 Å². The third-order valence-corrected chi connectivity index (χ3v) is 11.2. The molecule has 0 aliphatic heterocycles. The third kappa shape index (κ3) is 31.1. The first-order valence-electron chi connectivity index (χ1n) is 22.9. The Morgan fingerprint density at radius 2 is 1.11 bits per heavy atom. The van der Waals surface area contributed by atoms with Crippen molar-refractivity contribution in [2.75, 3.05) is 13.2 Å². The number of primary amides is 1. The van der Waals surface area contributed by atoms with E-state index >= 15 is 0 Å². The van der Waals surface area contributed by atoms with Crippen molar-refractivity contribution >= 4 is 5.91 Å². The minimum Gasteiger partial charge on any atom is -0.396 e. The minimum absolute atomic E-state index is 0.150. The molecule has 0 bridgehead atoms. The van der Waals surface area contributed by atoms with Gasteiger partial charge in [0.2, 0.25) is 5.91 Å². The molecule has 1 saturated carbocycles. The van der Waals surface area contributed by atoms with Gasteiger partial charge in [0.05, 0.1) is 18.3 Å². The van der Waals surface area contributed by atoms with Crippen molar-refractivity contribution < 1.29 is 35.1 Å². The summed E-state index contributed by atoms with van der Waals surface area (Å²) >= 11 is 0. The van der Waals surface area contributed by atoms with Crippen LogP contribution in [0.4, 0.5) is 0 Å². The number of hydrogen-bond acceptors (Lipinski definition) is 7. The first-order chi connectivity index (χ1) is 27.3. The summed E-state index contributed by atoms with van der Waals surface area (Å²) in [4.78, 5) is 10.6. The highest BCUT2D eigenvalue weighted by molar-refractivity contribution is 5.73. The average molecular weight is 790 g/mol. The van der Waals surface area contributed by atoms with Crippen LogP contribution in [0.1, 0.15) is 199 Å². The fraction of sp³-hybridized carbons (Fsp3) is 0.812. The van der Waals surface area contributed by atoms with Gasteiger partial charge in [0, 0.05) is 25.6 Å². The summed E-state index contributed by atoms with van der Waals surface area (Å²) in [5.41, 5.74) is 6.45. The number of rotatable bonds is 34. The van der Waals surface area contributed by atoms with Gasteiger partial charge in [-0.2, -0.15) is 0 Å². The SMILES string of the molecule is C#C.CCCCCCCCCCCCCCCCCCCCCCCCCC(N)=O.OCC1CC(OCCC(O)CCCCc2ccccc2)C(O)C(O)C1O. The lowest BCUT2D eigenvalue weighted by Crippen LogP contribution is -2.55. The minimum atomic E-state index is -1.33. The van der Waals surface area contributed by atoms with Gasteiger partial charge in [0.25, 0.3) is 0 Å². The molecule has 1 amide bonds. The van der Waals surface area contributed by atoms with Crippen LogP contribution in [0.3, 0.4) is 0 Å². The van der Waals surface area contributed by atoms with Gasteiger partial charge in [-0.25, -0.2) is 0 Å². The van der Waals surface area contributed by atoms with E-state index in [2.05, 4.69) is 31.9 Å². The first kappa shape index (κ1) is 54.0. The molecule has 0 spiro atoms. The van der Waals surface area contributed by atoms with Crippen molar-refractivity contribution in [3.05, 3.63) is 35.9 Å². The monoisotopic (exact) mass is 790 g/mol. The second-order valence-corrected chi connectivity index (χ2v) is 16.2. The molecular formula is C48H87NO7. The average Bonchev–Trinajstić information content (AvgIpc) is 3.21. The third-order valence-electron chi connectivity index (χ3n) is 11.2. The summed E-state index contributed by atoms with van der Waals surface area (Å²) in [7, 11) is 0. The van der Waals surface area contributed by atoms with Gasteiger partial charge in [-0.3, -0.25) is 4.79 Å². The lowest BCUT2D eigenvalue weighted by molar-refractivity contribution is -0.179. The van der Waals surface area contributed by atoms with E-state index in [1.165, 1.54) is 147 Å². The van der Waals surface area contributed by atoms with E-state index in [1.54, 1.807) is 0 Å². The molecule has 1 aromatic carbocycles. The smallest absolute Gasteiger partial charge is 0.217 e. The Morgan fingerprint density at radius 1 is 0.661 bits per heavy atom. The Morgan fingerprint density at radius 3 is 1.54 bits per heavy atom. The van der Waals surface area contributed by atoms with Crippen LogP contribution in [0.2, 0.25) is 0 Å². The fourth-order valence-electron chi connectivity index (χ4n) is 7.57. The molecule has 1 aliphatic rings. The maximum atomic E-state index is 10.6. The highest BCUT2D eigenvalue weighted by Crippen LogP contribution is 2.28. The van der Waals surface area contributed by atoms with E-state index in [0.29, 0.717) is 19.3 Å². The summed E-state index contributed by atoms with van der Waals surface area (Å²) < 4.78 is 5.60. The fourth-order valence-corrected chi connectivity index (χ4v) is 7.57. The number of carbonyl (C=O) groups is 1. The molecule has 1 aliphatic carbocycles. The summed E-state index contributed by atoms with van der Waals surface area (Å²) in [5, 5.41) is 48.9. The van der Waals surface area contributed by atoms with Crippen molar-refractivity contribution in [2.24, 2.45) is 11.7 Å². The largest absolute Gasteiger partial charge is 0.396 e. The normalized spacial score (nSPS) is 19.7. The molecule has 8 nitrogen and oxygen atoms in total. The Labute approximate surface area is 343 Å². The number of hydrogen-bond donors (Lipinski definition) is 6. The molecule has 56 heavy (non-hydrogen) atoms. The summed E-state index contributed by atoms with van der Waals surface area (Å²) in [5.74, 6) is -0.662. The molecule has 6 unspecified atom stereocenters. The number of nitrogens with two attached hydrogens (primary N) is 1. The number of benzene rings is 1. The van der Waals surface area contributed by atoms with Crippen LogP contribution in [0.15, 0.2) is 30.3 Å². The van der Waals surface area contributed by atoms with Crippen LogP contribution in [0.25, 0.3) is 0 Å². The van der Waals surface area contributed by atoms with Crippen molar-refractivity contribution in [1.82, 2.24) is 0 Å². The number of aliphatic hydroxyl groups excluding tert-OH is 5. The van der Waals surface area contributed by atoms with Crippen LogP contribution >= 0.6 is 0 Å². The quantitative estimate of drug-likeness (QED) is 0.0300. The van der Waals surface area contributed by atoms with E-state index in [1.807, 2.05) is 18.2 Å². The molecule has 0 aromatic heterocycles. The van der Waals surface area contributed by atoms with E-state index in [0.717, 1.165) is 25.7 Å². The maximum Gasteiger partial charge on any atom is 0.217 e. The van der Waals surface area contributed by atoms with Crippen LogP contribution in [0, 0.1) is 18.8 Å². The van der Waals surface area contributed by atoms with Gasteiger partial charge in [0.15, 0.2) is 0 Å². The van der Waals surface area contributed by atoms with E-state index in [4.69, 9.17) is 10.5 Å². The molecule has 0 radical (unpaired) electrons. The van der Waals surface area contributed by atoms with Crippen LogP contribution in [-0.4, -0.2) is 75.2 Å². The highest BCUT2D eigenvalue weighted by atomic mass is 16.5. The summed E-state index contributed by atoms with van der Waals surface area (Å²) in [6.45, 7) is 2.29. The Hall–Kier alpha value is -1.99. The number of ether oxygens (including phenoxy) is 1. The Balaban J connectivity index is 0.00000104. The Bertz CT molecular complexity index is 990. The number of aryl methyl sites for hydroxylation is 1. The lowest BCUT2D eigenvalue weighted by atomic mass is 9.81. The van der Waals surface area contributed by atoms with Crippen LogP contribution in [0.5, 0.6) is 0 Å². The Kier molecular flexibility index (Phi) is 38.4. The molecule has 7 N–H and O–H groups in total. The number of aliphatic hydroxyl groups is 5. The molecule has 1 aromatic rings. The van der Waals surface area contributed by atoms with Crippen molar-refractivity contribution in [3.63, 3.8) is 0 Å². The topological polar surface area (TPSA) is 153 Å². The summed E-state index contributed by atoms with van der Waals surface area (Å²) in [6, 6.07) is 10.3. The highest BCUT2D eigenvalue weighted by Gasteiger charge is 2.42. The van der Waals surface area contributed by atoms with Gasteiger partial charge in [0.1, 0.15) is 12.2 Å². The number of carbonyl (C=O) groups excluding carboxylic acids is 1. The zero-order chi connectivity index (χ0) is 41.5. The van der Waals surface area contributed by atoms with Crippen molar-refractivity contribution in [3.8, 4) is 12.8 Å². The molecule has 8 heteroatoms. The van der Waals surface area contributed by atoms with Crippen LogP contribution in [-0.2, 0) is 16.0 Å². The summed E-state index contributed by atoms with van der Waals surface area (Å²) in [6.07, 6.45) is 40.4. The van der Waals surface area contributed by atoms with Gasteiger partial charge in [-0.1, -0.05) is 185 Å². The number of amides is 1. The number of unbranched alkanes of at least 4 members (excludes halogenated alkanes) is 23. The second-order valence-electron chi connectivity index (χ2n) is 16.2. The lowest BCUT2D eigenvalue weighted by Gasteiger charge is -2.39. The molecular weight excluding hydrogens is 703 g/mol. The van der Waals surface area contributed by atoms with Gasteiger partial charge < -0.3 is 36.0 Å². The molecule has 2 rings (SSSR count). The van der Waals surface area contributed by atoms with Crippen molar-refractivity contribution in [2.45, 2.75) is 230 Å². The van der Waals surface area contributed by atoms with Gasteiger partial charge in [-0.15, -0.1) is 12.8 Å². The predicted molar refractivity (Wildman–Crippen MR) is 233 cm³/mol. The van der Waals surface area contributed by atoms with Crippen molar-refractivity contribution in [1.29, 1.82) is 0 Å². The molecule has 6 atom stereocenters. The van der Waals surface area contributed by atoms with E-state index in [-0.39, 0.29) is 25.5 Å². The second kappa shape index (κ2) is 39.8. The van der Waals surface area contributed by atoms with Gasteiger partial charge in [-0.05, 0) is 44.1 Å². The first-order valence-corrected chi connectivity index (χ1v) is 22.9. The zero-order valence-electron chi connectivity index (χ0n) is 35.8. The standard InChI is InChI=1S/C26H53NO.C20H32O6.C2H2/c1-2-3-4-5-6-7-8-9-10-11-12-13-14-15-16-17-18-19-20-21-22-23-24-25-26(27)28;21-13-15-12-17(19(24)20(25)18(15)23)26-11-10-16(22)9-5-4-8-14-6-2-1-3-7-14;1-2/h2-25H2,1H3,(H2,27,28);1-3,6-7,15-25H,4-5,8-13H2;1-2H.